The van der Waals surface area contributed by atoms with Gasteiger partial charge in [0.05, 0.1) is 5.41 Å². The van der Waals surface area contributed by atoms with Crippen molar-refractivity contribution in [3.05, 3.63) is 34.9 Å². The van der Waals surface area contributed by atoms with Crippen LogP contribution in [0.15, 0.2) is 24.3 Å². The predicted octanol–water partition coefficient (Wildman–Crippen LogP) is 2.78. The lowest BCUT2D eigenvalue weighted by Crippen LogP contribution is -2.44. The van der Waals surface area contributed by atoms with Crippen LogP contribution in [0.2, 0.25) is 5.02 Å². The highest BCUT2D eigenvalue weighted by Gasteiger charge is 2.41. The maximum Gasteiger partial charge on any atom is 0.315 e. The van der Waals surface area contributed by atoms with Gasteiger partial charge in [-0.1, -0.05) is 36.6 Å². The first-order valence-electron chi connectivity index (χ1n) is 7.01. The second-order valence-electron chi connectivity index (χ2n) is 5.46. The highest BCUT2D eigenvalue weighted by atomic mass is 35.5. The smallest absolute Gasteiger partial charge is 0.315 e. The summed E-state index contributed by atoms with van der Waals surface area (Å²) in [6, 6.07) is 6.86. The Morgan fingerprint density at radius 1 is 1.24 bits per heavy atom. The molecule has 0 spiro atoms. The second kappa shape index (κ2) is 6.80. The fourth-order valence-corrected chi connectivity index (χ4v) is 2.87. The molecule has 0 saturated heterocycles. The van der Waals surface area contributed by atoms with Crippen LogP contribution in [0, 0.1) is 5.41 Å². The van der Waals surface area contributed by atoms with Crippen molar-refractivity contribution in [3.8, 4) is 0 Å². The van der Waals surface area contributed by atoms with E-state index in [2.05, 4.69) is 10.6 Å². The normalized spacial score (nSPS) is 16.4. The van der Waals surface area contributed by atoms with E-state index >= 15 is 0 Å². The molecule has 114 valence electrons. The van der Waals surface area contributed by atoms with Gasteiger partial charge in [0.15, 0.2) is 0 Å². The fourth-order valence-electron chi connectivity index (χ4n) is 2.66. The summed E-state index contributed by atoms with van der Waals surface area (Å²) in [5.41, 5.74) is 0.0967. The van der Waals surface area contributed by atoms with Gasteiger partial charge < -0.3 is 15.7 Å². The van der Waals surface area contributed by atoms with E-state index in [1.54, 1.807) is 12.1 Å². The zero-order chi connectivity index (χ0) is 15.3. The van der Waals surface area contributed by atoms with Crippen LogP contribution in [-0.4, -0.2) is 23.7 Å². The molecule has 0 bridgehead atoms. The first-order valence-corrected chi connectivity index (χ1v) is 7.39. The number of carboxylic acid groups (broad SMARTS) is 1. The third-order valence-corrected chi connectivity index (χ3v) is 4.18. The number of aliphatic carboxylic acids is 1. The van der Waals surface area contributed by atoms with E-state index in [0.717, 1.165) is 18.4 Å². The standard InChI is InChI=1S/C15H19ClN2O3/c16-12-5-3-4-11(8-12)9-17-14(21)18-10-15(13(19)20)6-1-2-7-15/h3-5,8H,1-2,6-7,9-10H2,(H,19,20)(H2,17,18,21). The molecule has 1 saturated carbocycles. The Hall–Kier alpha value is -1.75. The fraction of sp³-hybridized carbons (Fsp3) is 0.467. The molecule has 0 aliphatic heterocycles. The summed E-state index contributed by atoms with van der Waals surface area (Å²) in [5, 5.41) is 15.3. The maximum atomic E-state index is 11.8. The van der Waals surface area contributed by atoms with Crippen molar-refractivity contribution in [2.75, 3.05) is 6.54 Å². The third-order valence-electron chi connectivity index (χ3n) is 3.94. The summed E-state index contributed by atoms with van der Waals surface area (Å²) in [6.07, 6.45) is 3.05. The van der Waals surface area contributed by atoms with Gasteiger partial charge >= 0.3 is 12.0 Å². The van der Waals surface area contributed by atoms with Crippen molar-refractivity contribution in [2.24, 2.45) is 5.41 Å². The Labute approximate surface area is 128 Å². The van der Waals surface area contributed by atoms with Crippen LogP contribution in [0.5, 0.6) is 0 Å². The van der Waals surface area contributed by atoms with Crippen molar-refractivity contribution in [1.82, 2.24) is 10.6 Å². The van der Waals surface area contributed by atoms with E-state index < -0.39 is 11.4 Å². The average molecular weight is 311 g/mol. The van der Waals surface area contributed by atoms with Gasteiger partial charge in [-0.25, -0.2) is 4.79 Å². The van der Waals surface area contributed by atoms with Crippen molar-refractivity contribution < 1.29 is 14.7 Å². The van der Waals surface area contributed by atoms with E-state index in [1.807, 2.05) is 12.1 Å². The molecular formula is C15H19ClN2O3. The summed E-state index contributed by atoms with van der Waals surface area (Å²) < 4.78 is 0. The Morgan fingerprint density at radius 3 is 2.57 bits per heavy atom. The molecule has 1 aliphatic rings. The molecule has 1 aromatic carbocycles. The number of hydrogen-bond acceptors (Lipinski definition) is 2. The predicted molar refractivity (Wildman–Crippen MR) is 80.2 cm³/mol. The molecule has 21 heavy (non-hydrogen) atoms. The number of carboxylic acids is 1. The van der Waals surface area contributed by atoms with Crippen molar-refractivity contribution in [3.63, 3.8) is 0 Å². The van der Waals surface area contributed by atoms with Gasteiger partial charge in [0.2, 0.25) is 0 Å². The summed E-state index contributed by atoms with van der Waals surface area (Å²) in [7, 11) is 0. The lowest BCUT2D eigenvalue weighted by atomic mass is 9.86. The number of urea groups is 1. The zero-order valence-electron chi connectivity index (χ0n) is 11.7. The summed E-state index contributed by atoms with van der Waals surface area (Å²) in [5.74, 6) is -0.824. The van der Waals surface area contributed by atoms with Crippen molar-refractivity contribution in [2.45, 2.75) is 32.2 Å². The maximum absolute atomic E-state index is 11.8. The largest absolute Gasteiger partial charge is 0.481 e. The van der Waals surface area contributed by atoms with Crippen LogP contribution in [0.4, 0.5) is 4.79 Å². The number of benzene rings is 1. The van der Waals surface area contributed by atoms with Crippen molar-refractivity contribution >= 4 is 23.6 Å². The Morgan fingerprint density at radius 2 is 1.95 bits per heavy atom. The summed E-state index contributed by atoms with van der Waals surface area (Å²) in [4.78, 5) is 23.1. The average Bonchev–Trinajstić information content (AvgIpc) is 2.93. The lowest BCUT2D eigenvalue weighted by molar-refractivity contribution is -0.148. The molecule has 1 aromatic rings. The SMILES string of the molecule is O=C(NCc1cccc(Cl)c1)NCC1(C(=O)O)CCCC1. The van der Waals surface area contributed by atoms with Crippen LogP contribution in [0.1, 0.15) is 31.2 Å². The van der Waals surface area contributed by atoms with Gasteiger partial charge in [-0.3, -0.25) is 4.79 Å². The third kappa shape index (κ3) is 4.11. The van der Waals surface area contributed by atoms with E-state index in [9.17, 15) is 14.7 Å². The quantitative estimate of drug-likeness (QED) is 0.782. The highest BCUT2D eigenvalue weighted by molar-refractivity contribution is 6.30. The second-order valence-corrected chi connectivity index (χ2v) is 5.90. The molecule has 1 fully saturated rings. The number of carbonyl (C=O) groups is 2. The lowest BCUT2D eigenvalue weighted by Gasteiger charge is -2.24. The molecule has 0 radical (unpaired) electrons. The number of nitrogens with one attached hydrogen (secondary N) is 2. The molecule has 2 amide bonds. The van der Waals surface area contributed by atoms with E-state index in [1.165, 1.54) is 0 Å². The highest BCUT2D eigenvalue weighted by Crippen LogP contribution is 2.37. The summed E-state index contributed by atoms with van der Waals surface area (Å²) in [6.45, 7) is 0.524. The minimum Gasteiger partial charge on any atom is -0.481 e. The molecule has 0 aromatic heterocycles. The summed E-state index contributed by atoms with van der Waals surface area (Å²) >= 11 is 5.87. The minimum atomic E-state index is -0.824. The van der Waals surface area contributed by atoms with E-state index in [0.29, 0.717) is 24.4 Å². The zero-order valence-corrected chi connectivity index (χ0v) is 12.4. The van der Waals surface area contributed by atoms with E-state index in [-0.39, 0.29) is 12.6 Å². The molecular weight excluding hydrogens is 292 g/mol. The van der Waals surface area contributed by atoms with Gasteiger partial charge in [-0.05, 0) is 30.5 Å². The monoisotopic (exact) mass is 310 g/mol. The molecule has 0 unspecified atom stereocenters. The van der Waals surface area contributed by atoms with E-state index in [4.69, 9.17) is 11.6 Å². The Balaban J connectivity index is 1.81. The van der Waals surface area contributed by atoms with Crippen LogP contribution in [0.25, 0.3) is 0 Å². The first kappa shape index (κ1) is 15.6. The molecule has 1 aliphatic carbocycles. The van der Waals surface area contributed by atoms with Gasteiger partial charge in [0, 0.05) is 18.1 Å². The van der Waals surface area contributed by atoms with Gasteiger partial charge in [0.25, 0.3) is 0 Å². The Bertz CT molecular complexity index is 527. The molecule has 0 heterocycles. The van der Waals surface area contributed by atoms with Crippen LogP contribution >= 0.6 is 11.6 Å². The number of carbonyl (C=O) groups excluding carboxylic acids is 1. The van der Waals surface area contributed by atoms with Gasteiger partial charge in [0.1, 0.15) is 0 Å². The minimum absolute atomic E-state index is 0.170. The topological polar surface area (TPSA) is 78.4 Å². The van der Waals surface area contributed by atoms with Gasteiger partial charge in [-0.15, -0.1) is 0 Å². The van der Waals surface area contributed by atoms with Gasteiger partial charge in [-0.2, -0.15) is 0 Å². The first-order chi connectivity index (χ1) is 10.0. The molecule has 0 atom stereocenters. The number of halogens is 1. The number of hydrogen-bond donors (Lipinski definition) is 3. The molecule has 5 nitrogen and oxygen atoms in total. The molecule has 2 rings (SSSR count). The van der Waals surface area contributed by atoms with Crippen molar-refractivity contribution in [1.29, 1.82) is 0 Å². The van der Waals surface area contributed by atoms with Crippen LogP contribution in [0.3, 0.4) is 0 Å². The number of rotatable bonds is 5. The number of amides is 2. The van der Waals surface area contributed by atoms with Crippen LogP contribution < -0.4 is 10.6 Å². The molecule has 6 heteroatoms. The Kier molecular flexibility index (Phi) is 5.07. The molecule has 3 N–H and O–H groups in total. The van der Waals surface area contributed by atoms with Crippen LogP contribution in [-0.2, 0) is 11.3 Å².